The maximum atomic E-state index is 12.6. The monoisotopic (exact) mass is 445 g/mol. The van der Waals surface area contributed by atoms with Crippen molar-refractivity contribution in [2.45, 2.75) is 12.6 Å². The van der Waals surface area contributed by atoms with Crippen molar-refractivity contribution in [1.82, 2.24) is 24.1 Å². The maximum Gasteiger partial charge on any atom is 0.329 e. The first kappa shape index (κ1) is 20.4. The number of aromatic nitrogens is 5. The van der Waals surface area contributed by atoms with Gasteiger partial charge in [0, 0.05) is 12.4 Å². The Morgan fingerprint density at radius 2 is 1.76 bits per heavy atom. The molecular formula is C22H19N7O4. The van der Waals surface area contributed by atoms with E-state index in [1.165, 1.54) is 16.2 Å². The average molecular weight is 445 g/mol. The van der Waals surface area contributed by atoms with Crippen molar-refractivity contribution in [3.63, 3.8) is 0 Å². The number of aromatic amines is 2. The second kappa shape index (κ2) is 7.88. The molecule has 0 bridgehead atoms. The van der Waals surface area contributed by atoms with Gasteiger partial charge in [-0.05, 0) is 11.6 Å². The van der Waals surface area contributed by atoms with Gasteiger partial charge < -0.3 is 15.2 Å². The summed E-state index contributed by atoms with van der Waals surface area (Å²) in [6, 6.07) is 16.1. The van der Waals surface area contributed by atoms with Gasteiger partial charge in [0.25, 0.3) is 11.5 Å². The van der Waals surface area contributed by atoms with Crippen LogP contribution in [0.4, 0.5) is 11.6 Å². The van der Waals surface area contributed by atoms with Gasteiger partial charge in [0.15, 0.2) is 16.9 Å². The van der Waals surface area contributed by atoms with Crippen molar-refractivity contribution in [3.8, 4) is 5.88 Å². The van der Waals surface area contributed by atoms with E-state index in [1.807, 2.05) is 12.1 Å². The first-order valence-electron chi connectivity index (χ1n) is 10.1. The number of aliphatic hydroxyl groups is 1. The first-order valence-corrected chi connectivity index (χ1v) is 10.1. The van der Waals surface area contributed by atoms with Crippen molar-refractivity contribution in [1.29, 1.82) is 0 Å². The fourth-order valence-corrected chi connectivity index (χ4v) is 3.73. The van der Waals surface area contributed by atoms with Crippen LogP contribution < -0.4 is 11.2 Å². The number of aryl methyl sites for hydroxylation is 1. The molecule has 0 aliphatic carbocycles. The molecule has 2 aromatic carbocycles. The van der Waals surface area contributed by atoms with E-state index in [-0.39, 0.29) is 35.2 Å². The molecule has 11 heteroatoms. The fraction of sp³-hybridized carbons (Fsp3) is 0.136. The highest BCUT2D eigenvalue weighted by atomic mass is 16.3. The third-order valence-electron chi connectivity index (χ3n) is 5.43. The van der Waals surface area contributed by atoms with Gasteiger partial charge in [0.05, 0.1) is 18.2 Å². The van der Waals surface area contributed by atoms with E-state index in [4.69, 9.17) is 0 Å². The van der Waals surface area contributed by atoms with Gasteiger partial charge in [-0.25, -0.2) is 4.79 Å². The van der Waals surface area contributed by atoms with E-state index in [2.05, 4.69) is 25.2 Å². The number of fused-ring (bicyclic) bond motifs is 2. The topological polar surface area (TPSA) is 154 Å². The van der Waals surface area contributed by atoms with Crippen LogP contribution in [-0.4, -0.2) is 34.3 Å². The minimum Gasteiger partial charge on any atom is -0.493 e. The van der Waals surface area contributed by atoms with E-state index >= 15 is 0 Å². The number of nitrogens with one attached hydrogen (secondary N) is 2. The number of azo groups is 1. The number of imidazole rings is 1. The molecular weight excluding hydrogens is 426 g/mol. The van der Waals surface area contributed by atoms with Crippen LogP contribution in [0.15, 0.2) is 74.4 Å². The molecule has 0 aliphatic rings. The Morgan fingerprint density at radius 1 is 1.03 bits per heavy atom. The molecule has 11 nitrogen and oxygen atoms in total. The van der Waals surface area contributed by atoms with Crippen molar-refractivity contribution >= 4 is 33.7 Å². The molecule has 0 aliphatic heterocycles. The van der Waals surface area contributed by atoms with Crippen molar-refractivity contribution < 1.29 is 10.2 Å². The zero-order chi connectivity index (χ0) is 23.1. The largest absolute Gasteiger partial charge is 0.493 e. The van der Waals surface area contributed by atoms with Gasteiger partial charge >= 0.3 is 5.69 Å². The normalized spacial score (nSPS) is 12.8. The van der Waals surface area contributed by atoms with Crippen LogP contribution in [0.25, 0.3) is 22.1 Å². The van der Waals surface area contributed by atoms with E-state index in [0.717, 1.165) is 0 Å². The van der Waals surface area contributed by atoms with Crippen LogP contribution in [-0.2, 0) is 13.6 Å². The number of aliphatic hydroxyl groups excluding tert-OH is 1. The van der Waals surface area contributed by atoms with Crippen LogP contribution in [0.1, 0.15) is 11.7 Å². The molecule has 5 rings (SSSR count). The standard InChI is InChI=1S/C22H19N7O4/c1-28-18-17(20(32)25-22(28)33)29(11-15(30)12-7-3-2-4-8-12)21(24-18)27-26-16-13-9-5-6-10-14(13)23-19(16)31/h2-10,15,23,30-31H,11H2,1H3,(H,25,32,33)/t15-/m0/s1. The second-order valence-corrected chi connectivity index (χ2v) is 7.51. The first-order chi connectivity index (χ1) is 15.9. The Morgan fingerprint density at radius 3 is 2.55 bits per heavy atom. The number of H-pyrrole nitrogens is 2. The molecule has 4 N–H and O–H groups in total. The van der Waals surface area contributed by atoms with Crippen molar-refractivity contribution in [2.75, 3.05) is 0 Å². The minimum atomic E-state index is -0.976. The van der Waals surface area contributed by atoms with Gasteiger partial charge in [-0.1, -0.05) is 48.5 Å². The van der Waals surface area contributed by atoms with Crippen LogP contribution in [0.3, 0.4) is 0 Å². The molecule has 0 saturated carbocycles. The lowest BCUT2D eigenvalue weighted by molar-refractivity contribution is 0.158. The van der Waals surface area contributed by atoms with Crippen LogP contribution >= 0.6 is 0 Å². The van der Waals surface area contributed by atoms with Crippen molar-refractivity contribution in [2.24, 2.45) is 17.3 Å². The molecule has 166 valence electrons. The van der Waals surface area contributed by atoms with E-state index in [9.17, 15) is 19.8 Å². The zero-order valence-electron chi connectivity index (χ0n) is 17.4. The molecule has 1 atom stereocenters. The molecule has 0 fully saturated rings. The predicted octanol–water partition coefficient (Wildman–Crippen LogP) is 2.76. The Bertz CT molecular complexity index is 1630. The number of hydrogen-bond acceptors (Lipinski definition) is 7. The summed E-state index contributed by atoms with van der Waals surface area (Å²) in [6.45, 7) is -0.0595. The molecule has 0 amide bonds. The molecule has 33 heavy (non-hydrogen) atoms. The van der Waals surface area contributed by atoms with E-state index in [0.29, 0.717) is 16.5 Å². The summed E-state index contributed by atoms with van der Waals surface area (Å²) in [7, 11) is 1.47. The highest BCUT2D eigenvalue weighted by Gasteiger charge is 2.21. The molecule has 3 aromatic heterocycles. The van der Waals surface area contributed by atoms with Gasteiger partial charge in [-0.3, -0.25) is 18.9 Å². The lowest BCUT2D eigenvalue weighted by Gasteiger charge is -2.13. The number of nitrogens with zero attached hydrogens (tertiary/aromatic N) is 5. The Kier molecular flexibility index (Phi) is 4.87. The number of rotatable bonds is 5. The lowest BCUT2D eigenvalue weighted by atomic mass is 10.1. The number of aromatic hydroxyl groups is 1. The molecule has 0 spiro atoms. The van der Waals surface area contributed by atoms with Crippen molar-refractivity contribution in [3.05, 3.63) is 81.0 Å². The zero-order valence-corrected chi connectivity index (χ0v) is 17.4. The predicted molar refractivity (Wildman–Crippen MR) is 121 cm³/mol. The Labute approximate surface area is 185 Å². The summed E-state index contributed by atoms with van der Waals surface area (Å²) < 4.78 is 2.59. The Balaban J connectivity index is 1.67. The third kappa shape index (κ3) is 3.49. The number of hydrogen-bond donors (Lipinski definition) is 4. The van der Waals surface area contributed by atoms with Gasteiger partial charge in [-0.2, -0.15) is 4.98 Å². The highest BCUT2D eigenvalue weighted by Crippen LogP contribution is 2.36. The smallest absolute Gasteiger partial charge is 0.329 e. The molecule has 0 unspecified atom stereocenters. The third-order valence-corrected chi connectivity index (χ3v) is 5.43. The summed E-state index contributed by atoms with van der Waals surface area (Å²) >= 11 is 0. The average Bonchev–Trinajstić information content (AvgIpc) is 3.33. The quantitative estimate of drug-likeness (QED) is 0.306. The molecule has 3 heterocycles. The van der Waals surface area contributed by atoms with E-state index < -0.39 is 17.4 Å². The van der Waals surface area contributed by atoms with Crippen LogP contribution in [0, 0.1) is 0 Å². The van der Waals surface area contributed by atoms with Crippen LogP contribution in [0.5, 0.6) is 5.88 Å². The number of para-hydroxylation sites is 1. The van der Waals surface area contributed by atoms with Gasteiger partial charge in [0.1, 0.15) is 0 Å². The fourth-order valence-electron chi connectivity index (χ4n) is 3.73. The maximum absolute atomic E-state index is 12.6. The second-order valence-electron chi connectivity index (χ2n) is 7.51. The van der Waals surface area contributed by atoms with Crippen LogP contribution in [0.2, 0.25) is 0 Å². The number of benzene rings is 2. The van der Waals surface area contributed by atoms with Gasteiger partial charge in [0.2, 0.25) is 5.88 Å². The molecule has 0 saturated heterocycles. The summed E-state index contributed by atoms with van der Waals surface area (Å²) in [4.78, 5) is 34.1. The molecule has 0 radical (unpaired) electrons. The summed E-state index contributed by atoms with van der Waals surface area (Å²) in [5.41, 5.74) is 0.408. The summed E-state index contributed by atoms with van der Waals surface area (Å²) in [5, 5.41) is 30.0. The molecule has 5 aromatic rings. The Hall–Kier alpha value is -4.51. The lowest BCUT2D eigenvalue weighted by Crippen LogP contribution is -2.29. The van der Waals surface area contributed by atoms with E-state index in [1.54, 1.807) is 42.5 Å². The highest BCUT2D eigenvalue weighted by molar-refractivity contribution is 5.94. The summed E-state index contributed by atoms with van der Waals surface area (Å²) in [6.07, 6.45) is -0.976. The summed E-state index contributed by atoms with van der Waals surface area (Å²) in [5.74, 6) is -0.173. The van der Waals surface area contributed by atoms with Gasteiger partial charge in [-0.15, -0.1) is 10.2 Å². The SMILES string of the molecule is Cn1c(=O)[nH]c(=O)c2c1nc(N=Nc1c(O)[nH]c3ccccc13)n2C[C@H](O)c1ccccc1. The minimum absolute atomic E-state index is 0.00337.